The van der Waals surface area contributed by atoms with Gasteiger partial charge in [0, 0.05) is 19.3 Å². The number of esters is 3. The van der Waals surface area contributed by atoms with Gasteiger partial charge < -0.3 is 14.2 Å². The Bertz CT molecular complexity index is 1450. The molecular weight excluding hydrogens is 805 g/mol. The molecule has 0 radical (unpaired) electrons. The van der Waals surface area contributed by atoms with Crippen LogP contribution in [-0.2, 0) is 28.6 Å². The third-order valence-electron chi connectivity index (χ3n) is 10.3. The van der Waals surface area contributed by atoms with Crippen molar-refractivity contribution in [1.82, 2.24) is 0 Å². The molecule has 1 unspecified atom stereocenters. The van der Waals surface area contributed by atoms with Crippen LogP contribution >= 0.6 is 0 Å². The molecule has 0 bridgehead atoms. The lowest BCUT2D eigenvalue weighted by molar-refractivity contribution is -0.167. The van der Waals surface area contributed by atoms with Crippen LogP contribution in [0.3, 0.4) is 0 Å². The second kappa shape index (κ2) is 52.2. The van der Waals surface area contributed by atoms with Gasteiger partial charge in [-0.3, -0.25) is 14.4 Å². The molecule has 0 N–H and O–H groups in total. The highest BCUT2D eigenvalue weighted by Gasteiger charge is 2.19. The second-order valence-corrected chi connectivity index (χ2v) is 16.5. The summed E-state index contributed by atoms with van der Waals surface area (Å²) in [7, 11) is 0. The van der Waals surface area contributed by atoms with Crippen molar-refractivity contribution < 1.29 is 28.6 Å². The van der Waals surface area contributed by atoms with Crippen molar-refractivity contribution in [3.8, 4) is 0 Å². The predicted molar refractivity (Wildman–Crippen MR) is 279 cm³/mol. The standard InChI is InChI=1S/C59H92O6/c1-4-7-10-13-16-19-22-25-28-29-30-32-34-37-40-43-46-49-52-58(61)64-55-56(54-63-57(60)51-48-45-42-39-36-33-27-24-21-18-15-12-9-6-3)65-59(62)53-50-47-44-41-38-35-31-26-23-20-17-14-11-8-5-2/h8-9,11-12,14,17-18,20-23,25-33,35,38,56H,4-7,10,13,15-16,19,24,34,36-37,39-55H2,1-3H3/b11-8-,12-9-,17-14-,21-18-,23-20-,25-22-,29-28-,31-26-,32-30-,33-27-,38-35-. The molecule has 6 nitrogen and oxygen atoms in total. The number of unbranched alkanes of at least 4 members (excludes halogenated alkanes) is 17. The number of rotatable bonds is 44. The van der Waals surface area contributed by atoms with E-state index in [1.54, 1.807) is 0 Å². The number of ether oxygens (including phenoxy) is 3. The molecule has 0 rings (SSSR count). The van der Waals surface area contributed by atoms with Gasteiger partial charge in [0.1, 0.15) is 13.2 Å². The van der Waals surface area contributed by atoms with E-state index in [0.29, 0.717) is 19.3 Å². The predicted octanol–water partition coefficient (Wildman–Crippen LogP) is 17.1. The van der Waals surface area contributed by atoms with Crippen molar-refractivity contribution in [1.29, 1.82) is 0 Å². The van der Waals surface area contributed by atoms with Crippen molar-refractivity contribution in [3.63, 3.8) is 0 Å². The Balaban J connectivity index is 4.56. The number of hydrogen-bond acceptors (Lipinski definition) is 6. The number of hydrogen-bond donors (Lipinski definition) is 0. The fourth-order valence-corrected chi connectivity index (χ4v) is 6.48. The number of carbonyl (C=O) groups is 3. The quantitative estimate of drug-likeness (QED) is 0.0199. The van der Waals surface area contributed by atoms with Gasteiger partial charge in [0.15, 0.2) is 6.10 Å². The summed E-state index contributed by atoms with van der Waals surface area (Å²) < 4.78 is 16.7. The lowest BCUT2D eigenvalue weighted by Gasteiger charge is -2.18. The van der Waals surface area contributed by atoms with E-state index in [-0.39, 0.29) is 37.5 Å². The molecule has 0 spiro atoms. The van der Waals surface area contributed by atoms with Crippen molar-refractivity contribution in [2.45, 2.75) is 207 Å². The third-order valence-corrected chi connectivity index (χ3v) is 10.3. The first-order valence-corrected chi connectivity index (χ1v) is 25.8. The summed E-state index contributed by atoms with van der Waals surface area (Å²) in [6.45, 7) is 6.27. The van der Waals surface area contributed by atoms with Crippen LogP contribution in [0.15, 0.2) is 134 Å². The van der Waals surface area contributed by atoms with Crippen LogP contribution in [-0.4, -0.2) is 37.2 Å². The largest absolute Gasteiger partial charge is 0.462 e. The molecule has 0 heterocycles. The molecular formula is C59H92O6. The zero-order valence-electron chi connectivity index (χ0n) is 41.4. The van der Waals surface area contributed by atoms with Crippen LogP contribution in [0.2, 0.25) is 0 Å². The summed E-state index contributed by atoms with van der Waals surface area (Å²) in [5.74, 6) is -1.01. The minimum atomic E-state index is -0.823. The molecule has 0 aromatic heterocycles. The molecule has 0 aliphatic heterocycles. The van der Waals surface area contributed by atoms with Crippen LogP contribution in [0, 0.1) is 0 Å². The van der Waals surface area contributed by atoms with E-state index < -0.39 is 6.10 Å². The summed E-state index contributed by atoms with van der Waals surface area (Å²) in [5.41, 5.74) is 0. The Hall–Kier alpha value is -4.45. The highest BCUT2D eigenvalue weighted by molar-refractivity contribution is 5.71. The molecule has 0 aromatic rings. The van der Waals surface area contributed by atoms with Crippen LogP contribution < -0.4 is 0 Å². The molecule has 0 aliphatic rings. The zero-order chi connectivity index (χ0) is 47.2. The van der Waals surface area contributed by atoms with E-state index in [1.165, 1.54) is 32.1 Å². The lowest BCUT2D eigenvalue weighted by atomic mass is 10.1. The molecule has 0 saturated carbocycles. The molecule has 364 valence electrons. The highest BCUT2D eigenvalue weighted by atomic mass is 16.6. The van der Waals surface area contributed by atoms with Gasteiger partial charge in [-0.25, -0.2) is 0 Å². The van der Waals surface area contributed by atoms with Crippen molar-refractivity contribution >= 4 is 17.9 Å². The average molecular weight is 897 g/mol. The molecule has 6 heteroatoms. The van der Waals surface area contributed by atoms with E-state index in [0.717, 1.165) is 122 Å². The Morgan fingerprint density at radius 1 is 0.338 bits per heavy atom. The van der Waals surface area contributed by atoms with Gasteiger partial charge in [-0.05, 0) is 96.3 Å². The summed E-state index contributed by atoms with van der Waals surface area (Å²) in [6.07, 6.45) is 72.9. The average Bonchev–Trinajstić information content (AvgIpc) is 3.30. The molecule has 1 atom stereocenters. The molecule has 0 fully saturated rings. The monoisotopic (exact) mass is 897 g/mol. The Labute approximate surface area is 398 Å². The van der Waals surface area contributed by atoms with E-state index in [4.69, 9.17) is 14.2 Å². The summed E-state index contributed by atoms with van der Waals surface area (Å²) in [4.78, 5) is 38.0. The van der Waals surface area contributed by atoms with E-state index >= 15 is 0 Å². The molecule has 65 heavy (non-hydrogen) atoms. The topological polar surface area (TPSA) is 78.9 Å². The van der Waals surface area contributed by atoms with Gasteiger partial charge in [-0.2, -0.15) is 0 Å². The fraction of sp³-hybridized carbons (Fsp3) is 0.576. The first kappa shape index (κ1) is 60.5. The first-order chi connectivity index (χ1) is 32.0. The van der Waals surface area contributed by atoms with Crippen LogP contribution in [0.1, 0.15) is 201 Å². The van der Waals surface area contributed by atoms with Gasteiger partial charge >= 0.3 is 17.9 Å². The Morgan fingerprint density at radius 3 is 1.14 bits per heavy atom. The summed E-state index contributed by atoms with van der Waals surface area (Å²) in [5, 5.41) is 0. The molecule has 0 saturated heterocycles. The normalized spacial score (nSPS) is 13.2. The van der Waals surface area contributed by atoms with Crippen molar-refractivity contribution in [2.75, 3.05) is 13.2 Å². The zero-order valence-corrected chi connectivity index (χ0v) is 41.4. The maximum atomic E-state index is 12.8. The molecule has 0 aromatic carbocycles. The van der Waals surface area contributed by atoms with Crippen molar-refractivity contribution in [2.24, 2.45) is 0 Å². The van der Waals surface area contributed by atoms with Crippen LogP contribution in [0.4, 0.5) is 0 Å². The van der Waals surface area contributed by atoms with Crippen LogP contribution in [0.5, 0.6) is 0 Å². The maximum Gasteiger partial charge on any atom is 0.306 e. The molecule has 0 amide bonds. The molecule has 0 aliphatic carbocycles. The van der Waals surface area contributed by atoms with E-state index in [2.05, 4.69) is 106 Å². The third kappa shape index (κ3) is 50.4. The first-order valence-electron chi connectivity index (χ1n) is 25.8. The highest BCUT2D eigenvalue weighted by Crippen LogP contribution is 2.12. The van der Waals surface area contributed by atoms with Crippen LogP contribution in [0.25, 0.3) is 0 Å². The van der Waals surface area contributed by atoms with Crippen molar-refractivity contribution in [3.05, 3.63) is 134 Å². The van der Waals surface area contributed by atoms with Gasteiger partial charge in [0.2, 0.25) is 0 Å². The smallest absolute Gasteiger partial charge is 0.306 e. The van der Waals surface area contributed by atoms with Gasteiger partial charge in [0.05, 0.1) is 0 Å². The summed E-state index contributed by atoms with van der Waals surface area (Å²) in [6, 6.07) is 0. The number of carbonyl (C=O) groups excluding carboxylic acids is 3. The van der Waals surface area contributed by atoms with E-state index in [1.807, 2.05) is 48.6 Å². The maximum absolute atomic E-state index is 12.8. The fourth-order valence-electron chi connectivity index (χ4n) is 6.48. The summed E-state index contributed by atoms with van der Waals surface area (Å²) >= 11 is 0. The SMILES string of the molecule is CC\C=C/C=C\C=C/C=C\C=C/CCCCCC(=O)OC(COC(=O)CCCCCC/C=C\C/C=C\C/C=C\CC)COC(=O)CCCCCCC\C=C/C=C\C=C/CCCCCCC. The van der Waals surface area contributed by atoms with Gasteiger partial charge in [-0.1, -0.05) is 219 Å². The lowest BCUT2D eigenvalue weighted by Crippen LogP contribution is -2.30. The van der Waals surface area contributed by atoms with Gasteiger partial charge in [0.25, 0.3) is 0 Å². The Morgan fingerprint density at radius 2 is 0.677 bits per heavy atom. The Kier molecular flexibility index (Phi) is 48.6. The number of allylic oxidation sites excluding steroid dienone is 22. The van der Waals surface area contributed by atoms with Gasteiger partial charge in [-0.15, -0.1) is 0 Å². The minimum absolute atomic E-state index is 0.119. The minimum Gasteiger partial charge on any atom is -0.462 e. The van der Waals surface area contributed by atoms with E-state index in [9.17, 15) is 14.4 Å². The second-order valence-electron chi connectivity index (χ2n) is 16.5.